The second kappa shape index (κ2) is 6.22. The molecule has 0 saturated heterocycles. The molecule has 0 aliphatic heterocycles. The lowest BCUT2D eigenvalue weighted by atomic mass is 10.9. The number of hydrogen-bond donors (Lipinski definition) is 0. The van der Waals surface area contributed by atoms with E-state index in [0.29, 0.717) is 0 Å². The fourth-order valence-electron chi connectivity index (χ4n) is 0.797. The molecule has 0 heterocycles. The van der Waals surface area contributed by atoms with Crippen LogP contribution in [0, 0.1) is 11.3 Å². The van der Waals surface area contributed by atoms with Crippen molar-refractivity contribution in [1.82, 2.24) is 0 Å². The number of nitrogens with zero attached hydrogens (tertiary/aromatic N) is 1. The van der Waals surface area contributed by atoms with Crippen molar-refractivity contribution in [2.75, 3.05) is 20.3 Å². The van der Waals surface area contributed by atoms with Crippen LogP contribution in [0.4, 0.5) is 4.39 Å². The number of halogens is 1. The number of rotatable bonds is 6. The lowest BCUT2D eigenvalue weighted by molar-refractivity contribution is 0.148. The van der Waals surface area contributed by atoms with Gasteiger partial charge in [0.1, 0.15) is 0 Å². The molecule has 0 aliphatic carbocycles. The number of alkyl halides is 1. The molecule has 13 heavy (non-hydrogen) atoms. The van der Waals surface area contributed by atoms with Gasteiger partial charge in [0.2, 0.25) is 0 Å². The summed E-state index contributed by atoms with van der Waals surface area (Å²) in [6.07, 6.45) is 0. The van der Waals surface area contributed by atoms with E-state index < -0.39 is 13.9 Å². The molecule has 0 aromatic carbocycles. The number of hydrogen-bond acceptors (Lipinski definition) is 4. The highest BCUT2D eigenvalue weighted by molar-refractivity contribution is 7.62. The fourth-order valence-corrected chi connectivity index (χ4v) is 2.39. The predicted molar refractivity (Wildman–Crippen MR) is 47.7 cm³/mol. The van der Waals surface area contributed by atoms with Crippen LogP contribution in [0.1, 0.15) is 13.8 Å². The zero-order valence-corrected chi connectivity index (χ0v) is 8.88. The van der Waals surface area contributed by atoms with Gasteiger partial charge in [-0.15, -0.1) is 0 Å². The average Bonchev–Trinajstić information content (AvgIpc) is 2.16. The summed E-state index contributed by atoms with van der Waals surface area (Å²) < 4.78 is 28.1. The van der Waals surface area contributed by atoms with Gasteiger partial charge >= 0.3 is 13.9 Å². The van der Waals surface area contributed by atoms with E-state index in [0.717, 1.165) is 0 Å². The molecule has 1 unspecified atom stereocenters. The van der Waals surface area contributed by atoms with Crippen molar-refractivity contribution in [3.8, 4) is 6.07 Å². The summed E-state index contributed by atoms with van der Waals surface area (Å²) in [5, 5.41) is 8.42. The summed E-state index contributed by atoms with van der Waals surface area (Å²) in [5.41, 5.74) is 0. The molecule has 4 nitrogen and oxygen atoms in total. The van der Waals surface area contributed by atoms with E-state index in [4.69, 9.17) is 18.8 Å². The molecule has 0 aromatic rings. The van der Waals surface area contributed by atoms with E-state index in [1.165, 1.54) is 13.2 Å². The van der Waals surface area contributed by atoms with Crippen LogP contribution in [0.2, 0.25) is 0 Å². The van der Waals surface area contributed by atoms with Crippen LogP contribution in [0.25, 0.3) is 0 Å². The van der Waals surface area contributed by atoms with E-state index in [9.17, 15) is 4.39 Å². The van der Waals surface area contributed by atoms with Gasteiger partial charge < -0.3 is 0 Å². The van der Waals surface area contributed by atoms with Crippen molar-refractivity contribution in [3.63, 3.8) is 0 Å². The molecule has 0 saturated carbocycles. The van der Waals surface area contributed by atoms with E-state index in [2.05, 4.69) is 0 Å². The zero-order chi connectivity index (χ0) is 10.3. The molecule has 0 radical (unpaired) electrons. The quantitative estimate of drug-likeness (QED) is 0.631. The summed E-state index contributed by atoms with van der Waals surface area (Å²) in [5.74, 6) is -1.85. The normalized spacial score (nSPS) is 13.8. The standard InChI is InChI=1S/C7H14FNO3P/c1-4-11-13(10-3,12-5-2)7(8)6-9/h7H,4-5H2,1-3H3/q+1. The zero-order valence-electron chi connectivity index (χ0n) is 7.99. The Hall–Kier alpha value is -0.270. The minimum absolute atomic E-state index is 0.254. The molecule has 0 fully saturated rings. The first-order chi connectivity index (χ1) is 6.16. The highest BCUT2D eigenvalue weighted by Gasteiger charge is 2.54. The fraction of sp³-hybridized carbons (Fsp3) is 0.857. The largest absolute Gasteiger partial charge is 0.462 e. The Labute approximate surface area is 78.2 Å². The average molecular weight is 210 g/mol. The Bertz CT molecular complexity index is 179. The molecule has 6 heteroatoms. The summed E-state index contributed by atoms with van der Waals surface area (Å²) >= 11 is 0. The minimum Gasteiger partial charge on any atom is -0.191 e. The first kappa shape index (κ1) is 12.7. The Morgan fingerprint density at radius 1 is 1.38 bits per heavy atom. The van der Waals surface area contributed by atoms with Gasteiger partial charge in [-0.05, 0) is 13.8 Å². The van der Waals surface area contributed by atoms with Gasteiger partial charge in [0.25, 0.3) is 0 Å². The van der Waals surface area contributed by atoms with E-state index in [-0.39, 0.29) is 13.2 Å². The van der Waals surface area contributed by atoms with Crippen LogP contribution in [0.5, 0.6) is 0 Å². The van der Waals surface area contributed by atoms with Crippen LogP contribution < -0.4 is 0 Å². The van der Waals surface area contributed by atoms with Crippen molar-refractivity contribution in [2.45, 2.75) is 19.8 Å². The first-order valence-electron chi connectivity index (χ1n) is 3.94. The van der Waals surface area contributed by atoms with Crippen LogP contribution in [-0.4, -0.2) is 26.2 Å². The molecular formula is C7H14FNO3P+. The topological polar surface area (TPSA) is 51.5 Å². The second-order valence-electron chi connectivity index (χ2n) is 2.02. The maximum absolute atomic E-state index is 13.1. The van der Waals surface area contributed by atoms with Gasteiger partial charge in [0.05, 0.1) is 20.3 Å². The van der Waals surface area contributed by atoms with Crippen molar-refractivity contribution in [3.05, 3.63) is 0 Å². The molecule has 0 rings (SSSR count). The van der Waals surface area contributed by atoms with E-state index >= 15 is 0 Å². The maximum atomic E-state index is 13.1. The van der Waals surface area contributed by atoms with Gasteiger partial charge in [-0.2, -0.15) is 23.2 Å². The van der Waals surface area contributed by atoms with Crippen LogP contribution in [0.3, 0.4) is 0 Å². The Kier molecular flexibility index (Phi) is 6.10. The van der Waals surface area contributed by atoms with Gasteiger partial charge in [0.15, 0.2) is 6.07 Å². The Morgan fingerprint density at radius 2 is 1.85 bits per heavy atom. The van der Waals surface area contributed by atoms with Crippen molar-refractivity contribution in [1.29, 1.82) is 5.26 Å². The monoisotopic (exact) mass is 210 g/mol. The van der Waals surface area contributed by atoms with Gasteiger partial charge in [-0.1, -0.05) is 0 Å². The van der Waals surface area contributed by atoms with Crippen LogP contribution in [-0.2, 0) is 13.6 Å². The highest BCUT2D eigenvalue weighted by atomic mass is 31.2. The third-order valence-electron chi connectivity index (χ3n) is 1.26. The molecule has 0 amide bonds. The lowest BCUT2D eigenvalue weighted by Crippen LogP contribution is -2.14. The predicted octanol–water partition coefficient (Wildman–Crippen LogP) is 2.29. The van der Waals surface area contributed by atoms with E-state index in [1.807, 2.05) is 0 Å². The summed E-state index contributed by atoms with van der Waals surface area (Å²) in [6, 6.07) is 1.43. The molecule has 76 valence electrons. The molecule has 0 N–H and O–H groups in total. The van der Waals surface area contributed by atoms with Crippen LogP contribution in [0.15, 0.2) is 0 Å². The second-order valence-corrected chi connectivity index (χ2v) is 4.44. The first-order valence-corrected chi connectivity index (χ1v) is 5.55. The third-order valence-corrected chi connectivity index (χ3v) is 3.67. The molecule has 0 spiro atoms. The van der Waals surface area contributed by atoms with Crippen molar-refractivity contribution >= 4 is 7.94 Å². The molecule has 0 aliphatic rings. The Balaban J connectivity index is 4.54. The maximum Gasteiger partial charge on any atom is 0.462 e. The lowest BCUT2D eigenvalue weighted by Gasteiger charge is -2.18. The summed E-state index contributed by atoms with van der Waals surface area (Å²) in [6.45, 7) is 3.89. The van der Waals surface area contributed by atoms with E-state index in [1.54, 1.807) is 13.8 Å². The van der Waals surface area contributed by atoms with Crippen molar-refractivity contribution < 1.29 is 18.0 Å². The molecule has 0 aromatic heterocycles. The van der Waals surface area contributed by atoms with Crippen molar-refractivity contribution in [2.24, 2.45) is 0 Å². The van der Waals surface area contributed by atoms with Gasteiger partial charge in [-0.25, -0.2) is 0 Å². The van der Waals surface area contributed by atoms with Crippen LogP contribution >= 0.6 is 7.94 Å². The third kappa shape index (κ3) is 3.17. The molecular weight excluding hydrogens is 196 g/mol. The minimum atomic E-state index is -3.10. The Morgan fingerprint density at radius 3 is 2.08 bits per heavy atom. The smallest absolute Gasteiger partial charge is 0.191 e. The number of nitriles is 1. The summed E-state index contributed by atoms with van der Waals surface area (Å²) in [4.78, 5) is 0. The highest BCUT2D eigenvalue weighted by Crippen LogP contribution is 2.65. The molecule has 1 atom stereocenters. The SMILES string of the molecule is CCO[P+](OC)(OCC)C(F)C#N. The summed E-state index contributed by atoms with van der Waals surface area (Å²) in [7, 11) is -1.82. The van der Waals surface area contributed by atoms with Gasteiger partial charge in [0, 0.05) is 0 Å². The molecule has 0 bridgehead atoms. The van der Waals surface area contributed by atoms with Gasteiger partial charge in [-0.3, -0.25) is 0 Å².